The maximum atomic E-state index is 12.8. The van der Waals surface area contributed by atoms with Crippen LogP contribution in [0.5, 0.6) is 0 Å². The molecule has 0 fully saturated rings. The van der Waals surface area contributed by atoms with Gasteiger partial charge in [-0.3, -0.25) is 0 Å². The van der Waals surface area contributed by atoms with Crippen LogP contribution in [0.3, 0.4) is 0 Å². The van der Waals surface area contributed by atoms with E-state index in [0.29, 0.717) is 6.54 Å². The van der Waals surface area contributed by atoms with E-state index in [1.165, 1.54) is 14.1 Å². The molecule has 0 aromatic heterocycles. The summed E-state index contributed by atoms with van der Waals surface area (Å²) in [6.07, 6.45) is -1.91. The maximum absolute atomic E-state index is 12.8. The highest BCUT2D eigenvalue weighted by Crippen LogP contribution is 2.12. The van der Waals surface area contributed by atoms with Gasteiger partial charge < -0.3 is 14.8 Å². The highest BCUT2D eigenvalue weighted by Gasteiger charge is 2.29. The van der Waals surface area contributed by atoms with Crippen LogP contribution < -0.4 is 5.32 Å². The predicted octanol–water partition coefficient (Wildman–Crippen LogP) is 4.17. The Hall–Kier alpha value is -4.33. The van der Waals surface area contributed by atoms with E-state index in [4.69, 9.17) is 9.47 Å². The van der Waals surface area contributed by atoms with Crippen LogP contribution in [0.1, 0.15) is 16.7 Å². The largest absolute Gasteiger partial charge is 0.458 e. The van der Waals surface area contributed by atoms with Gasteiger partial charge in [-0.05, 0) is 16.7 Å². The Morgan fingerprint density at radius 2 is 1.26 bits per heavy atom. The van der Waals surface area contributed by atoms with E-state index in [1.807, 2.05) is 91.0 Å². The van der Waals surface area contributed by atoms with Gasteiger partial charge in [0.05, 0.1) is 0 Å². The summed E-state index contributed by atoms with van der Waals surface area (Å²) in [6, 6.07) is 27.3. The molecule has 0 unspecified atom stereocenters. The van der Waals surface area contributed by atoms with Crippen molar-refractivity contribution in [3.05, 3.63) is 108 Å². The number of carbonyl (C=O) groups is 3. The normalized spacial score (nSPS) is 11.1. The zero-order valence-electron chi connectivity index (χ0n) is 19.8. The fourth-order valence-electron chi connectivity index (χ4n) is 3.17. The van der Waals surface area contributed by atoms with Crippen molar-refractivity contribution in [1.82, 2.24) is 15.3 Å². The lowest BCUT2D eigenvalue weighted by Crippen LogP contribution is -2.50. The van der Waals surface area contributed by atoms with Crippen LogP contribution in [-0.2, 0) is 33.8 Å². The fourth-order valence-corrected chi connectivity index (χ4v) is 3.17. The van der Waals surface area contributed by atoms with Crippen LogP contribution in [-0.4, -0.2) is 48.3 Å². The van der Waals surface area contributed by atoms with Crippen molar-refractivity contribution in [3.8, 4) is 0 Å². The summed E-state index contributed by atoms with van der Waals surface area (Å²) in [5.41, 5.74) is 2.54. The lowest BCUT2D eigenvalue weighted by Gasteiger charge is -2.29. The van der Waals surface area contributed by atoms with Gasteiger partial charge in [0.25, 0.3) is 0 Å². The van der Waals surface area contributed by atoms with Crippen LogP contribution >= 0.6 is 0 Å². The molecule has 1 atom stereocenters. The quantitative estimate of drug-likeness (QED) is 0.390. The van der Waals surface area contributed by atoms with Gasteiger partial charge in [-0.25, -0.2) is 24.4 Å². The highest BCUT2D eigenvalue weighted by atomic mass is 16.6. The smallest absolute Gasteiger partial charge is 0.429 e. The van der Waals surface area contributed by atoms with E-state index in [0.717, 1.165) is 26.7 Å². The maximum Gasteiger partial charge on any atom is 0.429 e. The molecule has 3 aromatic rings. The first kappa shape index (κ1) is 25.3. The SMILES string of the molecule is CN(C(=O)NCc1ccccc1)N(C)C(=O)O[C@@H](Cc1ccccc1)C(=O)OCc1ccccc1. The average Bonchev–Trinajstić information content (AvgIpc) is 2.90. The Labute approximate surface area is 205 Å². The van der Waals surface area contributed by atoms with E-state index in [-0.39, 0.29) is 13.0 Å². The molecule has 0 saturated heterocycles. The van der Waals surface area contributed by atoms with Gasteiger partial charge in [0.15, 0.2) is 0 Å². The molecule has 182 valence electrons. The number of nitrogens with zero attached hydrogens (tertiary/aromatic N) is 2. The van der Waals surface area contributed by atoms with E-state index < -0.39 is 24.2 Å². The van der Waals surface area contributed by atoms with Gasteiger partial charge >= 0.3 is 18.1 Å². The molecule has 0 aliphatic carbocycles. The van der Waals surface area contributed by atoms with Gasteiger partial charge in [-0.15, -0.1) is 0 Å². The summed E-state index contributed by atoms with van der Waals surface area (Å²) in [5, 5.41) is 4.82. The Bertz CT molecular complexity index is 1090. The van der Waals surface area contributed by atoms with E-state index in [1.54, 1.807) is 0 Å². The second kappa shape index (κ2) is 12.8. The Kier molecular flexibility index (Phi) is 9.24. The molecule has 3 amide bonds. The van der Waals surface area contributed by atoms with Crippen LogP contribution in [0.25, 0.3) is 0 Å². The summed E-state index contributed by atoms with van der Waals surface area (Å²) in [7, 11) is 2.82. The molecule has 0 bridgehead atoms. The zero-order valence-corrected chi connectivity index (χ0v) is 19.8. The number of rotatable bonds is 8. The molecular formula is C27H29N3O5. The zero-order chi connectivity index (χ0) is 25.0. The molecule has 35 heavy (non-hydrogen) atoms. The number of hydrazine groups is 1. The average molecular weight is 476 g/mol. The van der Waals surface area contributed by atoms with Gasteiger partial charge in [-0.1, -0.05) is 91.0 Å². The first-order valence-corrected chi connectivity index (χ1v) is 11.2. The molecular weight excluding hydrogens is 446 g/mol. The van der Waals surface area contributed by atoms with Crippen LogP contribution in [0, 0.1) is 0 Å². The Morgan fingerprint density at radius 3 is 1.83 bits per heavy atom. The molecule has 3 aromatic carbocycles. The molecule has 0 saturated carbocycles. The van der Waals surface area contributed by atoms with Gasteiger partial charge in [0.2, 0.25) is 6.10 Å². The van der Waals surface area contributed by atoms with Crippen LogP contribution in [0.15, 0.2) is 91.0 Å². The van der Waals surface area contributed by atoms with Crippen molar-refractivity contribution in [1.29, 1.82) is 0 Å². The second-order valence-electron chi connectivity index (χ2n) is 7.85. The fraction of sp³-hybridized carbons (Fsp3) is 0.222. The monoisotopic (exact) mass is 475 g/mol. The third-order valence-electron chi connectivity index (χ3n) is 5.29. The van der Waals surface area contributed by atoms with Gasteiger partial charge in [0.1, 0.15) is 6.61 Å². The van der Waals surface area contributed by atoms with E-state index in [9.17, 15) is 14.4 Å². The van der Waals surface area contributed by atoms with Gasteiger partial charge in [0, 0.05) is 27.1 Å². The van der Waals surface area contributed by atoms with Crippen LogP contribution in [0.4, 0.5) is 9.59 Å². The number of amides is 3. The molecule has 3 rings (SSSR count). The number of carbonyl (C=O) groups excluding carboxylic acids is 3. The number of hydrogen-bond donors (Lipinski definition) is 1. The minimum absolute atomic E-state index is 0.0557. The predicted molar refractivity (Wildman–Crippen MR) is 131 cm³/mol. The molecule has 0 spiro atoms. The molecule has 8 heteroatoms. The Morgan fingerprint density at radius 1 is 0.743 bits per heavy atom. The van der Waals surface area contributed by atoms with Crippen molar-refractivity contribution in [2.75, 3.05) is 14.1 Å². The first-order valence-electron chi connectivity index (χ1n) is 11.2. The van der Waals surface area contributed by atoms with Crippen molar-refractivity contribution in [2.45, 2.75) is 25.7 Å². The second-order valence-corrected chi connectivity index (χ2v) is 7.85. The standard InChI is InChI=1S/C27H29N3O5/c1-29(26(32)28-19-22-14-8-4-9-15-22)30(2)27(33)35-24(18-21-12-6-3-7-13-21)25(31)34-20-23-16-10-5-11-17-23/h3-17,24H,18-20H2,1-2H3,(H,28,32)/t24-/m0/s1. The number of hydrogen-bond acceptors (Lipinski definition) is 5. The summed E-state index contributed by atoms with van der Waals surface area (Å²) in [5.74, 6) is -0.671. The lowest BCUT2D eigenvalue weighted by atomic mass is 10.1. The van der Waals surface area contributed by atoms with Crippen molar-refractivity contribution in [2.24, 2.45) is 0 Å². The van der Waals surface area contributed by atoms with Crippen LogP contribution in [0.2, 0.25) is 0 Å². The molecule has 0 aliphatic rings. The summed E-state index contributed by atoms with van der Waals surface area (Å²) in [6.45, 7) is 0.357. The number of esters is 1. The highest BCUT2D eigenvalue weighted by molar-refractivity contribution is 5.81. The van der Waals surface area contributed by atoms with Crippen molar-refractivity contribution < 1.29 is 23.9 Å². The first-order chi connectivity index (χ1) is 16.9. The number of benzene rings is 3. The van der Waals surface area contributed by atoms with Crippen molar-refractivity contribution in [3.63, 3.8) is 0 Å². The molecule has 1 N–H and O–H groups in total. The van der Waals surface area contributed by atoms with E-state index in [2.05, 4.69) is 5.32 Å². The number of urea groups is 1. The third-order valence-corrected chi connectivity index (χ3v) is 5.29. The molecule has 0 heterocycles. The molecule has 0 radical (unpaired) electrons. The number of ether oxygens (including phenoxy) is 2. The molecule has 0 aliphatic heterocycles. The van der Waals surface area contributed by atoms with Gasteiger partial charge in [-0.2, -0.15) is 0 Å². The minimum atomic E-state index is -1.18. The summed E-state index contributed by atoms with van der Waals surface area (Å²) < 4.78 is 10.9. The number of nitrogens with one attached hydrogen (secondary N) is 1. The molecule has 8 nitrogen and oxygen atoms in total. The summed E-state index contributed by atoms with van der Waals surface area (Å²) in [4.78, 5) is 38.2. The van der Waals surface area contributed by atoms with Crippen molar-refractivity contribution >= 4 is 18.1 Å². The third kappa shape index (κ3) is 7.89. The minimum Gasteiger partial charge on any atom is -0.458 e. The topological polar surface area (TPSA) is 88.2 Å². The lowest BCUT2D eigenvalue weighted by molar-refractivity contribution is -0.156. The Balaban J connectivity index is 1.61. The van der Waals surface area contributed by atoms with E-state index >= 15 is 0 Å². The summed E-state index contributed by atoms with van der Waals surface area (Å²) >= 11 is 0.